The van der Waals surface area contributed by atoms with Gasteiger partial charge >= 0.3 is 0 Å². The van der Waals surface area contributed by atoms with Crippen LogP contribution < -0.4 is 15.4 Å². The molecule has 1 aromatic carbocycles. The number of piperidine rings is 1. The molecule has 1 fully saturated rings. The highest BCUT2D eigenvalue weighted by atomic mass is 32.1. The highest BCUT2D eigenvalue weighted by Crippen LogP contribution is 2.24. The average Bonchev–Trinajstić information content (AvgIpc) is 3.49. The number of hydrogen-bond donors (Lipinski definition) is 3. The fraction of sp³-hybridized carbons (Fsp3) is 0.448. The molecule has 1 saturated heterocycles. The molecule has 11 nitrogen and oxygen atoms in total. The van der Waals surface area contributed by atoms with Crippen LogP contribution in [0.25, 0.3) is 0 Å². The van der Waals surface area contributed by atoms with Gasteiger partial charge in [-0.2, -0.15) is 13.5 Å². The number of fused-ring (bicyclic) bond motifs is 1. The van der Waals surface area contributed by atoms with E-state index < -0.39 is 6.10 Å². The fourth-order valence-electron chi connectivity index (χ4n) is 5.18. The van der Waals surface area contributed by atoms with Gasteiger partial charge in [0.25, 0.3) is 5.91 Å². The SMILES string of the molecule is CC(=O)N1CCC(Nc2cc(C(=O)NC[C@H](O)CN3CCc4cc(OCc5cnco5)ccc4C3)ccn2)CC1.S. The van der Waals surface area contributed by atoms with E-state index in [-0.39, 0.29) is 37.9 Å². The Morgan fingerprint density at radius 2 is 2.00 bits per heavy atom. The number of pyridine rings is 1. The van der Waals surface area contributed by atoms with E-state index in [4.69, 9.17) is 9.15 Å². The summed E-state index contributed by atoms with van der Waals surface area (Å²) >= 11 is 0. The normalized spacial score (nSPS) is 16.3. The number of anilines is 1. The van der Waals surface area contributed by atoms with Crippen LogP contribution in [0.5, 0.6) is 5.75 Å². The molecule has 2 aromatic heterocycles. The zero-order valence-electron chi connectivity index (χ0n) is 23.2. The molecule has 3 aromatic rings. The number of amides is 2. The van der Waals surface area contributed by atoms with Crippen LogP contribution in [0.1, 0.15) is 47.0 Å². The maximum absolute atomic E-state index is 12.8. The van der Waals surface area contributed by atoms with Gasteiger partial charge in [-0.05, 0) is 54.7 Å². The number of nitrogens with zero attached hydrogens (tertiary/aromatic N) is 4. The molecule has 5 rings (SSSR count). The Morgan fingerprint density at radius 1 is 1.17 bits per heavy atom. The summed E-state index contributed by atoms with van der Waals surface area (Å²) in [7, 11) is 0. The van der Waals surface area contributed by atoms with Gasteiger partial charge < -0.3 is 29.8 Å². The molecular weight excluding hydrogens is 544 g/mol. The predicted octanol–water partition coefficient (Wildman–Crippen LogP) is 2.33. The van der Waals surface area contributed by atoms with Gasteiger partial charge in [-0.15, -0.1) is 0 Å². The van der Waals surface area contributed by atoms with Crippen molar-refractivity contribution in [2.75, 3.05) is 38.0 Å². The number of carbonyl (C=O) groups is 2. The maximum Gasteiger partial charge on any atom is 0.251 e. The number of hydrogen-bond acceptors (Lipinski definition) is 9. The van der Waals surface area contributed by atoms with E-state index in [9.17, 15) is 14.7 Å². The van der Waals surface area contributed by atoms with Crippen LogP contribution >= 0.6 is 13.5 Å². The molecule has 41 heavy (non-hydrogen) atoms. The van der Waals surface area contributed by atoms with Crippen molar-refractivity contribution in [2.24, 2.45) is 0 Å². The zero-order valence-corrected chi connectivity index (χ0v) is 24.2. The second kappa shape index (κ2) is 14.3. The Labute approximate surface area is 246 Å². The number of ether oxygens (including phenoxy) is 1. The van der Waals surface area contributed by atoms with Gasteiger partial charge in [0.15, 0.2) is 12.2 Å². The zero-order chi connectivity index (χ0) is 27.9. The Hall–Kier alpha value is -3.61. The van der Waals surface area contributed by atoms with Gasteiger partial charge in [-0.3, -0.25) is 14.5 Å². The van der Waals surface area contributed by atoms with E-state index in [2.05, 4.69) is 37.6 Å². The average molecular weight is 583 g/mol. The predicted molar refractivity (Wildman–Crippen MR) is 158 cm³/mol. The van der Waals surface area contributed by atoms with Crippen molar-refractivity contribution in [1.82, 2.24) is 25.1 Å². The standard InChI is InChI=1S/C29H36N6O5.H2S/c1-20(36)35-10-6-24(7-11-35)33-28-13-22(4-8-31-28)29(38)32-14-25(37)17-34-9-5-21-12-26(3-2-23(21)16-34)39-18-27-15-30-19-40-27;/h2-4,8,12-13,15,19,24-25,37H,5-7,9-11,14,16-18H2,1H3,(H,31,33)(H,32,38);1H2/t25-;/m0./s1. The number of oxazole rings is 1. The van der Waals surface area contributed by atoms with Crippen LogP contribution in [0.3, 0.4) is 0 Å². The Balaban J connectivity index is 0.00000387. The van der Waals surface area contributed by atoms with E-state index in [1.807, 2.05) is 11.0 Å². The molecule has 0 saturated carbocycles. The number of aromatic nitrogens is 2. The van der Waals surface area contributed by atoms with E-state index in [0.29, 0.717) is 43.4 Å². The molecule has 4 heterocycles. The lowest BCUT2D eigenvalue weighted by Crippen LogP contribution is -2.42. The first-order valence-electron chi connectivity index (χ1n) is 13.7. The number of aliphatic hydroxyl groups is 1. The topological polar surface area (TPSA) is 133 Å². The third kappa shape index (κ3) is 8.44. The molecule has 1 atom stereocenters. The van der Waals surface area contributed by atoms with Crippen molar-refractivity contribution in [2.45, 2.75) is 51.5 Å². The third-order valence-corrected chi connectivity index (χ3v) is 7.42. The van der Waals surface area contributed by atoms with Crippen LogP contribution in [-0.4, -0.2) is 81.6 Å². The molecule has 0 aliphatic carbocycles. The Kier molecular flexibility index (Phi) is 10.6. The number of nitrogens with one attached hydrogen (secondary N) is 2. The van der Waals surface area contributed by atoms with Crippen molar-refractivity contribution in [3.8, 4) is 5.75 Å². The third-order valence-electron chi connectivity index (χ3n) is 7.42. The van der Waals surface area contributed by atoms with Gasteiger partial charge in [0.2, 0.25) is 5.91 Å². The molecule has 0 spiro atoms. The molecule has 0 radical (unpaired) electrons. The minimum Gasteiger partial charge on any atom is -0.486 e. The van der Waals surface area contributed by atoms with Gasteiger partial charge in [0, 0.05) is 64.0 Å². The molecule has 0 unspecified atom stereocenters. The van der Waals surface area contributed by atoms with Gasteiger partial charge in [-0.25, -0.2) is 9.97 Å². The van der Waals surface area contributed by atoms with E-state index in [1.54, 1.807) is 31.5 Å². The number of benzene rings is 1. The van der Waals surface area contributed by atoms with Gasteiger partial charge in [-0.1, -0.05) is 6.07 Å². The fourth-order valence-corrected chi connectivity index (χ4v) is 5.18. The molecule has 220 valence electrons. The summed E-state index contributed by atoms with van der Waals surface area (Å²) in [5.74, 6) is 1.95. The van der Waals surface area contributed by atoms with Crippen molar-refractivity contribution >= 4 is 31.1 Å². The smallest absolute Gasteiger partial charge is 0.251 e. The van der Waals surface area contributed by atoms with Crippen LogP contribution in [0.2, 0.25) is 0 Å². The lowest BCUT2D eigenvalue weighted by Gasteiger charge is -2.32. The van der Waals surface area contributed by atoms with Crippen molar-refractivity contribution in [1.29, 1.82) is 0 Å². The Bertz CT molecular complexity index is 1300. The van der Waals surface area contributed by atoms with E-state index in [0.717, 1.165) is 38.1 Å². The number of β-amino-alcohol motifs (C(OH)–C–C–N with tert-alkyl or cyclic N) is 1. The van der Waals surface area contributed by atoms with Crippen LogP contribution in [0, 0.1) is 0 Å². The van der Waals surface area contributed by atoms with Gasteiger partial charge in [0.1, 0.15) is 18.2 Å². The monoisotopic (exact) mass is 582 g/mol. The number of rotatable bonds is 10. The highest BCUT2D eigenvalue weighted by molar-refractivity contribution is 7.59. The molecule has 2 aliphatic rings. The second-order valence-corrected chi connectivity index (χ2v) is 10.4. The lowest BCUT2D eigenvalue weighted by molar-refractivity contribution is -0.129. The number of likely N-dealkylation sites (tertiary alicyclic amines) is 1. The summed E-state index contributed by atoms with van der Waals surface area (Å²) in [5.41, 5.74) is 2.93. The van der Waals surface area contributed by atoms with E-state index in [1.165, 1.54) is 17.5 Å². The minimum absolute atomic E-state index is 0. The molecule has 2 aliphatic heterocycles. The van der Waals surface area contributed by atoms with Gasteiger partial charge in [0.05, 0.1) is 12.3 Å². The van der Waals surface area contributed by atoms with Crippen molar-refractivity contribution in [3.05, 3.63) is 71.6 Å². The first kappa shape index (κ1) is 30.4. The summed E-state index contributed by atoms with van der Waals surface area (Å²) in [6, 6.07) is 9.67. The maximum atomic E-state index is 12.8. The highest BCUT2D eigenvalue weighted by Gasteiger charge is 2.22. The number of carbonyl (C=O) groups excluding carboxylic acids is 2. The largest absolute Gasteiger partial charge is 0.486 e. The molecule has 12 heteroatoms. The summed E-state index contributed by atoms with van der Waals surface area (Å²) in [6.07, 6.45) is 6.47. The second-order valence-electron chi connectivity index (χ2n) is 10.4. The quantitative estimate of drug-likeness (QED) is 0.329. The summed E-state index contributed by atoms with van der Waals surface area (Å²) in [4.78, 5) is 36.6. The summed E-state index contributed by atoms with van der Waals surface area (Å²) < 4.78 is 11.0. The van der Waals surface area contributed by atoms with Crippen molar-refractivity contribution < 1.29 is 23.8 Å². The summed E-state index contributed by atoms with van der Waals surface area (Å²) in [5, 5.41) is 16.9. The van der Waals surface area contributed by atoms with Crippen molar-refractivity contribution in [3.63, 3.8) is 0 Å². The van der Waals surface area contributed by atoms with Crippen LogP contribution in [0.4, 0.5) is 5.82 Å². The first-order valence-corrected chi connectivity index (χ1v) is 13.7. The molecule has 0 bridgehead atoms. The minimum atomic E-state index is -0.694. The summed E-state index contributed by atoms with van der Waals surface area (Å²) in [6.45, 7) is 5.52. The molecular formula is C29H38N6O5S. The Morgan fingerprint density at radius 3 is 2.76 bits per heavy atom. The van der Waals surface area contributed by atoms with Crippen LogP contribution in [0.15, 0.2) is 53.5 Å². The number of aliphatic hydroxyl groups excluding tert-OH is 1. The van der Waals surface area contributed by atoms with E-state index >= 15 is 0 Å². The van der Waals surface area contributed by atoms with Crippen LogP contribution in [-0.2, 0) is 24.4 Å². The molecule has 3 N–H and O–H groups in total. The first-order chi connectivity index (χ1) is 19.4. The molecule has 2 amide bonds. The lowest BCUT2D eigenvalue weighted by atomic mass is 9.99.